The van der Waals surface area contributed by atoms with Gasteiger partial charge in [0.1, 0.15) is 5.01 Å². The summed E-state index contributed by atoms with van der Waals surface area (Å²) < 4.78 is 0. The molecule has 0 aliphatic heterocycles. The zero-order chi connectivity index (χ0) is 14.5. The van der Waals surface area contributed by atoms with Gasteiger partial charge in [0, 0.05) is 43.4 Å². The molecule has 0 saturated heterocycles. The first kappa shape index (κ1) is 15.0. The molecule has 0 fully saturated rings. The molecule has 1 unspecified atom stereocenters. The van der Waals surface area contributed by atoms with Crippen molar-refractivity contribution in [2.24, 2.45) is 0 Å². The first-order valence-corrected chi connectivity index (χ1v) is 7.86. The second-order valence-electron chi connectivity index (χ2n) is 5.16. The number of aryl methyl sites for hydroxylation is 1. The smallest absolute Gasteiger partial charge is 0.107 e. The van der Waals surface area contributed by atoms with Crippen LogP contribution in [0.25, 0.3) is 0 Å². The number of rotatable bonds is 6. The standard InChI is InChI=1S/C16H23N3S/c1-5-15-10-18-16(20-15)11-17-12(2)13-6-8-14(9-7-13)19(3)4/h6-10,12,17H,5,11H2,1-4H3. The van der Waals surface area contributed by atoms with Crippen molar-refractivity contribution in [3.63, 3.8) is 0 Å². The molecule has 0 aliphatic rings. The van der Waals surface area contributed by atoms with Crippen molar-refractivity contribution in [2.75, 3.05) is 19.0 Å². The van der Waals surface area contributed by atoms with Gasteiger partial charge in [-0.1, -0.05) is 19.1 Å². The van der Waals surface area contributed by atoms with Gasteiger partial charge in [-0.2, -0.15) is 0 Å². The van der Waals surface area contributed by atoms with E-state index in [4.69, 9.17) is 0 Å². The highest BCUT2D eigenvalue weighted by atomic mass is 32.1. The van der Waals surface area contributed by atoms with Crippen LogP contribution in [0, 0.1) is 0 Å². The Bertz CT molecular complexity index is 531. The molecule has 20 heavy (non-hydrogen) atoms. The van der Waals surface area contributed by atoms with Crippen molar-refractivity contribution in [1.82, 2.24) is 10.3 Å². The van der Waals surface area contributed by atoms with Gasteiger partial charge in [-0.25, -0.2) is 4.98 Å². The molecule has 1 aromatic heterocycles. The largest absolute Gasteiger partial charge is 0.378 e. The molecule has 0 saturated carbocycles. The van der Waals surface area contributed by atoms with Crippen molar-refractivity contribution in [3.05, 3.63) is 45.9 Å². The molecular formula is C16H23N3S. The fraction of sp³-hybridized carbons (Fsp3) is 0.438. The van der Waals surface area contributed by atoms with Crippen LogP contribution < -0.4 is 10.2 Å². The molecule has 1 aromatic carbocycles. The third-order valence-electron chi connectivity index (χ3n) is 3.42. The molecule has 0 aliphatic carbocycles. The molecule has 0 spiro atoms. The summed E-state index contributed by atoms with van der Waals surface area (Å²) in [5.74, 6) is 0. The van der Waals surface area contributed by atoms with E-state index in [2.05, 4.69) is 67.4 Å². The van der Waals surface area contributed by atoms with E-state index in [1.165, 1.54) is 21.1 Å². The number of hydrogen-bond acceptors (Lipinski definition) is 4. The Labute approximate surface area is 125 Å². The van der Waals surface area contributed by atoms with Crippen molar-refractivity contribution in [3.8, 4) is 0 Å². The molecule has 0 amide bonds. The molecule has 0 bridgehead atoms. The summed E-state index contributed by atoms with van der Waals surface area (Å²) >= 11 is 1.80. The molecule has 4 heteroatoms. The van der Waals surface area contributed by atoms with Crippen molar-refractivity contribution in [2.45, 2.75) is 32.9 Å². The molecule has 1 atom stereocenters. The van der Waals surface area contributed by atoms with Crippen molar-refractivity contribution < 1.29 is 0 Å². The summed E-state index contributed by atoms with van der Waals surface area (Å²) in [5.41, 5.74) is 2.54. The Morgan fingerprint density at radius 1 is 1.25 bits per heavy atom. The van der Waals surface area contributed by atoms with Crippen LogP contribution in [-0.4, -0.2) is 19.1 Å². The molecule has 0 radical (unpaired) electrons. The van der Waals surface area contributed by atoms with Crippen LogP contribution in [0.15, 0.2) is 30.5 Å². The molecule has 1 heterocycles. The van der Waals surface area contributed by atoms with Gasteiger partial charge in [-0.3, -0.25) is 0 Å². The third-order valence-corrected chi connectivity index (χ3v) is 4.56. The number of nitrogens with one attached hydrogen (secondary N) is 1. The maximum atomic E-state index is 4.44. The normalized spacial score (nSPS) is 12.4. The Morgan fingerprint density at radius 2 is 1.95 bits per heavy atom. The Kier molecular flexibility index (Phi) is 5.15. The van der Waals surface area contributed by atoms with E-state index in [-0.39, 0.29) is 0 Å². The van der Waals surface area contributed by atoms with E-state index in [9.17, 15) is 0 Å². The molecule has 108 valence electrons. The second-order valence-corrected chi connectivity index (χ2v) is 6.36. The minimum absolute atomic E-state index is 0.334. The maximum Gasteiger partial charge on any atom is 0.107 e. The highest BCUT2D eigenvalue weighted by Gasteiger charge is 2.07. The predicted octanol–water partition coefficient (Wildman–Crippen LogP) is 3.62. The summed E-state index contributed by atoms with van der Waals surface area (Å²) in [5, 5.41) is 4.70. The fourth-order valence-corrected chi connectivity index (χ4v) is 2.83. The van der Waals surface area contributed by atoms with Crippen LogP contribution in [-0.2, 0) is 13.0 Å². The monoisotopic (exact) mass is 289 g/mol. The molecule has 3 nitrogen and oxygen atoms in total. The van der Waals surface area contributed by atoms with Gasteiger partial charge in [0.25, 0.3) is 0 Å². The average Bonchev–Trinajstić information content (AvgIpc) is 2.93. The predicted molar refractivity (Wildman–Crippen MR) is 87.5 cm³/mol. The van der Waals surface area contributed by atoms with Gasteiger partial charge in [-0.05, 0) is 31.0 Å². The van der Waals surface area contributed by atoms with Crippen LogP contribution in [0.5, 0.6) is 0 Å². The quantitative estimate of drug-likeness (QED) is 0.880. The summed E-state index contributed by atoms with van der Waals surface area (Å²) in [7, 11) is 4.12. The lowest BCUT2D eigenvalue weighted by Crippen LogP contribution is -2.18. The minimum Gasteiger partial charge on any atom is -0.378 e. The number of nitrogens with zero attached hydrogens (tertiary/aromatic N) is 2. The highest BCUT2D eigenvalue weighted by molar-refractivity contribution is 7.11. The topological polar surface area (TPSA) is 28.2 Å². The van der Waals surface area contributed by atoms with E-state index in [0.717, 1.165) is 13.0 Å². The first-order valence-electron chi connectivity index (χ1n) is 7.04. The van der Waals surface area contributed by atoms with Crippen LogP contribution in [0.4, 0.5) is 5.69 Å². The van der Waals surface area contributed by atoms with Gasteiger partial charge in [0.05, 0.1) is 0 Å². The lowest BCUT2D eigenvalue weighted by molar-refractivity contribution is 0.573. The van der Waals surface area contributed by atoms with Gasteiger partial charge < -0.3 is 10.2 Å². The Morgan fingerprint density at radius 3 is 2.50 bits per heavy atom. The summed E-state index contributed by atoms with van der Waals surface area (Å²) in [6, 6.07) is 9.02. The van der Waals surface area contributed by atoms with Gasteiger partial charge >= 0.3 is 0 Å². The summed E-state index contributed by atoms with van der Waals surface area (Å²) in [4.78, 5) is 7.91. The van der Waals surface area contributed by atoms with E-state index in [1.54, 1.807) is 11.3 Å². The molecule has 1 N–H and O–H groups in total. The van der Waals surface area contributed by atoms with Crippen LogP contribution in [0.2, 0.25) is 0 Å². The van der Waals surface area contributed by atoms with Gasteiger partial charge in [0.2, 0.25) is 0 Å². The number of aromatic nitrogens is 1. The van der Waals surface area contributed by atoms with Crippen LogP contribution in [0.3, 0.4) is 0 Å². The lowest BCUT2D eigenvalue weighted by atomic mass is 10.1. The van der Waals surface area contributed by atoms with E-state index >= 15 is 0 Å². The number of thiazole rings is 1. The zero-order valence-corrected chi connectivity index (χ0v) is 13.5. The minimum atomic E-state index is 0.334. The number of hydrogen-bond donors (Lipinski definition) is 1. The maximum absolute atomic E-state index is 4.44. The summed E-state index contributed by atoms with van der Waals surface area (Å²) in [6.07, 6.45) is 3.05. The Balaban J connectivity index is 1.92. The zero-order valence-electron chi connectivity index (χ0n) is 12.7. The summed E-state index contributed by atoms with van der Waals surface area (Å²) in [6.45, 7) is 5.19. The van der Waals surface area contributed by atoms with E-state index < -0.39 is 0 Å². The Hall–Kier alpha value is -1.39. The number of anilines is 1. The van der Waals surface area contributed by atoms with Gasteiger partial charge in [0.15, 0.2) is 0 Å². The molecule has 2 aromatic rings. The highest BCUT2D eigenvalue weighted by Crippen LogP contribution is 2.19. The van der Waals surface area contributed by atoms with Crippen molar-refractivity contribution >= 4 is 17.0 Å². The fourth-order valence-electron chi connectivity index (χ4n) is 2.01. The molecule has 2 rings (SSSR count). The van der Waals surface area contributed by atoms with Gasteiger partial charge in [-0.15, -0.1) is 11.3 Å². The van der Waals surface area contributed by atoms with Crippen LogP contribution in [0.1, 0.15) is 35.3 Å². The van der Waals surface area contributed by atoms with E-state index in [1.807, 2.05) is 6.20 Å². The number of benzene rings is 1. The van der Waals surface area contributed by atoms with E-state index in [0.29, 0.717) is 6.04 Å². The first-order chi connectivity index (χ1) is 9.60. The molecular weight excluding hydrogens is 266 g/mol. The average molecular weight is 289 g/mol. The van der Waals surface area contributed by atoms with Crippen LogP contribution >= 0.6 is 11.3 Å². The SMILES string of the molecule is CCc1cnc(CNC(C)c2ccc(N(C)C)cc2)s1. The van der Waals surface area contributed by atoms with Crippen molar-refractivity contribution in [1.29, 1.82) is 0 Å². The second kappa shape index (κ2) is 6.86. The third kappa shape index (κ3) is 3.81. The lowest BCUT2D eigenvalue weighted by Gasteiger charge is -2.16.